The zero-order valence-electron chi connectivity index (χ0n) is 21.4. The van der Waals surface area contributed by atoms with E-state index in [0.717, 1.165) is 55.6 Å². The number of carbonyl (C=O) groups is 1. The van der Waals surface area contributed by atoms with Gasteiger partial charge in [0.25, 0.3) is 0 Å². The molecule has 0 radical (unpaired) electrons. The fourth-order valence-electron chi connectivity index (χ4n) is 6.08. The lowest BCUT2D eigenvalue weighted by atomic mass is 9.68. The zero-order valence-corrected chi connectivity index (χ0v) is 21.4. The van der Waals surface area contributed by atoms with Gasteiger partial charge in [0.15, 0.2) is 0 Å². The van der Waals surface area contributed by atoms with Crippen LogP contribution in [0.15, 0.2) is 66.4 Å². The number of halogens is 1. The minimum atomic E-state index is -0.243. The first-order chi connectivity index (χ1) is 17.4. The molecule has 1 unspecified atom stereocenters. The summed E-state index contributed by atoms with van der Waals surface area (Å²) in [5.74, 6) is 0.248. The SMILES string of the molecule is CCCC(C[C@H]1CCC2=Cc3c(cnn3-c3ccc(F)cc3)C[C@@]21C)NC(=O)N(C)c1ccccc1. The van der Waals surface area contributed by atoms with Crippen molar-refractivity contribution in [2.45, 2.75) is 58.4 Å². The van der Waals surface area contributed by atoms with Crippen LogP contribution in [0.5, 0.6) is 0 Å². The van der Waals surface area contributed by atoms with E-state index < -0.39 is 0 Å². The summed E-state index contributed by atoms with van der Waals surface area (Å²) in [7, 11) is 1.83. The van der Waals surface area contributed by atoms with Crippen molar-refractivity contribution in [1.29, 1.82) is 0 Å². The topological polar surface area (TPSA) is 50.2 Å². The normalized spacial score (nSPS) is 21.3. The van der Waals surface area contributed by atoms with Gasteiger partial charge in [-0.2, -0.15) is 5.10 Å². The van der Waals surface area contributed by atoms with Gasteiger partial charge in [-0.05, 0) is 91.5 Å². The molecule has 0 saturated heterocycles. The van der Waals surface area contributed by atoms with E-state index in [9.17, 15) is 9.18 Å². The van der Waals surface area contributed by atoms with E-state index in [4.69, 9.17) is 0 Å². The largest absolute Gasteiger partial charge is 0.335 e. The molecule has 36 heavy (non-hydrogen) atoms. The fourth-order valence-corrected chi connectivity index (χ4v) is 6.08. The van der Waals surface area contributed by atoms with Gasteiger partial charge in [0, 0.05) is 18.8 Å². The van der Waals surface area contributed by atoms with Gasteiger partial charge in [-0.3, -0.25) is 4.90 Å². The highest BCUT2D eigenvalue weighted by molar-refractivity contribution is 5.91. The van der Waals surface area contributed by atoms with Gasteiger partial charge in [0.05, 0.1) is 17.6 Å². The Morgan fingerprint density at radius 1 is 1.22 bits per heavy atom. The highest BCUT2D eigenvalue weighted by Gasteiger charge is 2.46. The fraction of sp³-hybridized carbons (Fsp3) is 0.400. The van der Waals surface area contributed by atoms with Gasteiger partial charge in [-0.15, -0.1) is 0 Å². The van der Waals surface area contributed by atoms with Crippen LogP contribution in [0.4, 0.5) is 14.9 Å². The van der Waals surface area contributed by atoms with Crippen LogP contribution in [0.3, 0.4) is 0 Å². The smallest absolute Gasteiger partial charge is 0.321 e. The number of benzene rings is 2. The maximum absolute atomic E-state index is 13.4. The highest BCUT2D eigenvalue weighted by Crippen LogP contribution is 2.54. The van der Waals surface area contributed by atoms with Gasteiger partial charge in [-0.25, -0.2) is 13.9 Å². The molecule has 1 fully saturated rings. The second-order valence-corrected chi connectivity index (χ2v) is 10.5. The average Bonchev–Trinajstić information content (AvgIpc) is 3.42. The van der Waals surface area contributed by atoms with E-state index in [1.165, 1.54) is 23.3 Å². The molecule has 2 aromatic carbocycles. The van der Waals surface area contributed by atoms with E-state index in [1.54, 1.807) is 17.0 Å². The molecule has 2 amide bonds. The third-order valence-electron chi connectivity index (χ3n) is 8.20. The summed E-state index contributed by atoms with van der Waals surface area (Å²) >= 11 is 0. The number of anilines is 1. The lowest BCUT2D eigenvalue weighted by Crippen LogP contribution is -2.45. The van der Waals surface area contributed by atoms with Crippen LogP contribution in [-0.2, 0) is 6.42 Å². The molecule has 188 valence electrons. The zero-order chi connectivity index (χ0) is 25.3. The molecule has 2 aliphatic carbocycles. The molecule has 1 N–H and O–H groups in total. The Kier molecular flexibility index (Phi) is 6.69. The van der Waals surface area contributed by atoms with Crippen molar-refractivity contribution in [2.24, 2.45) is 11.3 Å². The van der Waals surface area contributed by atoms with E-state index in [1.807, 2.05) is 48.3 Å². The van der Waals surface area contributed by atoms with Crippen molar-refractivity contribution in [3.63, 3.8) is 0 Å². The number of urea groups is 1. The van der Waals surface area contributed by atoms with Gasteiger partial charge in [0.2, 0.25) is 0 Å². The summed E-state index contributed by atoms with van der Waals surface area (Å²) in [5, 5.41) is 7.97. The first-order valence-electron chi connectivity index (χ1n) is 13.0. The summed E-state index contributed by atoms with van der Waals surface area (Å²) in [6.45, 7) is 4.56. The number of hydrogen-bond donors (Lipinski definition) is 1. The maximum atomic E-state index is 13.4. The van der Waals surface area contributed by atoms with Crippen LogP contribution in [0.25, 0.3) is 11.8 Å². The Labute approximate surface area is 213 Å². The molecule has 3 atom stereocenters. The quantitative estimate of drug-likeness (QED) is 0.401. The van der Waals surface area contributed by atoms with Crippen LogP contribution >= 0.6 is 0 Å². The Morgan fingerprint density at radius 2 is 1.97 bits per heavy atom. The summed E-state index contributed by atoms with van der Waals surface area (Å²) in [6.07, 6.45) is 10.4. The van der Waals surface area contributed by atoms with E-state index in [-0.39, 0.29) is 23.3 Å². The highest BCUT2D eigenvalue weighted by atomic mass is 19.1. The number of fused-ring (bicyclic) bond motifs is 2. The minimum Gasteiger partial charge on any atom is -0.335 e. The monoisotopic (exact) mass is 486 g/mol. The van der Waals surface area contributed by atoms with Gasteiger partial charge in [0.1, 0.15) is 5.82 Å². The molecule has 5 nitrogen and oxygen atoms in total. The summed E-state index contributed by atoms with van der Waals surface area (Å²) in [4.78, 5) is 14.8. The molecular formula is C30H35FN4O. The Bertz CT molecular complexity index is 1250. The van der Waals surface area contributed by atoms with Gasteiger partial charge in [-0.1, -0.05) is 44.0 Å². The number of amides is 2. The Morgan fingerprint density at radius 3 is 2.69 bits per heavy atom. The molecule has 0 spiro atoms. The second kappa shape index (κ2) is 9.92. The summed E-state index contributed by atoms with van der Waals surface area (Å²) < 4.78 is 15.4. The van der Waals surface area contributed by atoms with Crippen molar-refractivity contribution in [1.82, 2.24) is 15.1 Å². The number of para-hydroxylation sites is 1. The Balaban J connectivity index is 1.32. The van der Waals surface area contributed by atoms with E-state index in [0.29, 0.717) is 5.92 Å². The van der Waals surface area contributed by atoms with Crippen LogP contribution in [0.1, 0.15) is 57.2 Å². The predicted octanol–water partition coefficient (Wildman–Crippen LogP) is 6.77. The molecule has 0 bridgehead atoms. The van der Waals surface area contributed by atoms with Crippen molar-refractivity contribution >= 4 is 17.8 Å². The van der Waals surface area contributed by atoms with Crippen LogP contribution in [-0.4, -0.2) is 28.9 Å². The minimum absolute atomic E-state index is 0.0509. The number of carbonyl (C=O) groups excluding carboxylic acids is 1. The summed E-state index contributed by atoms with van der Waals surface area (Å²) in [5.41, 5.74) is 5.63. The molecule has 5 rings (SSSR count). The molecule has 3 aromatic rings. The lowest BCUT2D eigenvalue weighted by molar-refractivity contribution is 0.216. The number of aromatic nitrogens is 2. The van der Waals surface area contributed by atoms with Crippen LogP contribution in [0, 0.1) is 17.2 Å². The number of hydrogen-bond acceptors (Lipinski definition) is 2. The van der Waals surface area contributed by atoms with Crippen molar-refractivity contribution in [3.8, 4) is 5.69 Å². The molecular weight excluding hydrogens is 451 g/mol. The first-order valence-corrected chi connectivity index (χ1v) is 13.0. The van der Waals surface area contributed by atoms with Crippen LogP contribution < -0.4 is 10.2 Å². The predicted molar refractivity (Wildman–Crippen MR) is 143 cm³/mol. The second-order valence-electron chi connectivity index (χ2n) is 10.5. The van der Waals surface area contributed by atoms with Gasteiger partial charge < -0.3 is 5.32 Å². The molecule has 6 heteroatoms. The lowest BCUT2D eigenvalue weighted by Gasteiger charge is -2.38. The van der Waals surface area contributed by atoms with E-state index >= 15 is 0 Å². The van der Waals surface area contributed by atoms with Crippen molar-refractivity contribution < 1.29 is 9.18 Å². The maximum Gasteiger partial charge on any atom is 0.321 e. The number of nitrogens with zero attached hydrogens (tertiary/aromatic N) is 3. The average molecular weight is 487 g/mol. The molecule has 1 aromatic heterocycles. The number of allylic oxidation sites excluding steroid dienone is 1. The summed E-state index contributed by atoms with van der Waals surface area (Å²) in [6, 6.07) is 16.4. The molecule has 0 aliphatic heterocycles. The Hall–Kier alpha value is -3.41. The van der Waals surface area contributed by atoms with Gasteiger partial charge >= 0.3 is 6.03 Å². The van der Waals surface area contributed by atoms with E-state index in [2.05, 4.69) is 30.3 Å². The standard InChI is InChI=1S/C30H35FN4O/c1-4-8-25(33-29(36)34(3)26-9-6-5-7-10-26)17-22-11-12-23-18-28-21(19-30(22,23)2)20-32-35(28)27-15-13-24(31)14-16-27/h5-7,9-10,13-16,18,20,22,25H,4,8,11-12,17,19H2,1-3H3,(H,33,36)/t22-,25?,30-/m1/s1. The van der Waals surface area contributed by atoms with Crippen molar-refractivity contribution in [3.05, 3.63) is 83.4 Å². The molecule has 1 heterocycles. The molecule has 2 aliphatic rings. The molecule has 1 saturated carbocycles. The third kappa shape index (κ3) is 4.57. The number of nitrogens with one attached hydrogen (secondary N) is 1. The van der Waals surface area contributed by atoms with Crippen molar-refractivity contribution in [2.75, 3.05) is 11.9 Å². The first kappa shape index (κ1) is 24.3. The third-order valence-corrected chi connectivity index (χ3v) is 8.20. The number of rotatable bonds is 7. The van der Waals surface area contributed by atoms with Crippen LogP contribution in [0.2, 0.25) is 0 Å².